The molecule has 1 fully saturated rings. The van der Waals surface area contributed by atoms with Crippen LogP contribution in [0.3, 0.4) is 0 Å². The van der Waals surface area contributed by atoms with Crippen LogP contribution >= 0.6 is 11.8 Å². The molecule has 5 nitrogen and oxygen atoms in total. The van der Waals surface area contributed by atoms with Crippen molar-refractivity contribution in [2.45, 2.75) is 42.5 Å². The largest absolute Gasteiger partial charge is 0.311 e. The first kappa shape index (κ1) is 12.6. The molecule has 0 aromatic carbocycles. The average molecular weight is 275 g/mol. The lowest BCUT2D eigenvalue weighted by molar-refractivity contribution is 0.684. The second-order valence-corrected chi connectivity index (χ2v) is 5.90. The molecule has 2 aromatic heterocycles. The standard InChI is InChI=1S/C13H17N5S/c1-9-5-10(6-14-11-3-4-11)7-15-12(9)19-13-17-16-8-18(13)2/h5,7-8,11,14H,3-4,6H2,1-2H3. The topological polar surface area (TPSA) is 55.6 Å². The molecular formula is C13H17N5S. The van der Waals surface area contributed by atoms with Crippen LogP contribution < -0.4 is 5.32 Å². The molecule has 0 radical (unpaired) electrons. The molecule has 1 N–H and O–H groups in total. The summed E-state index contributed by atoms with van der Waals surface area (Å²) < 4.78 is 1.90. The molecule has 0 unspecified atom stereocenters. The number of hydrogen-bond donors (Lipinski definition) is 1. The highest BCUT2D eigenvalue weighted by atomic mass is 32.2. The van der Waals surface area contributed by atoms with E-state index in [1.807, 2.05) is 17.8 Å². The van der Waals surface area contributed by atoms with Gasteiger partial charge in [-0.25, -0.2) is 4.98 Å². The van der Waals surface area contributed by atoms with E-state index in [9.17, 15) is 0 Å². The van der Waals surface area contributed by atoms with Gasteiger partial charge in [0, 0.05) is 25.8 Å². The fraction of sp³-hybridized carbons (Fsp3) is 0.462. The molecule has 1 saturated carbocycles. The molecule has 0 bridgehead atoms. The van der Waals surface area contributed by atoms with Gasteiger partial charge in [0.1, 0.15) is 11.4 Å². The lowest BCUT2D eigenvalue weighted by atomic mass is 10.2. The molecule has 1 aliphatic carbocycles. The minimum absolute atomic E-state index is 0.730. The van der Waals surface area contributed by atoms with Crippen molar-refractivity contribution in [3.05, 3.63) is 29.7 Å². The maximum Gasteiger partial charge on any atom is 0.197 e. The van der Waals surface area contributed by atoms with Crippen LogP contribution in [-0.2, 0) is 13.6 Å². The van der Waals surface area contributed by atoms with Gasteiger partial charge in [0.15, 0.2) is 5.16 Å². The van der Waals surface area contributed by atoms with Crippen LogP contribution in [0.15, 0.2) is 28.8 Å². The summed E-state index contributed by atoms with van der Waals surface area (Å²) in [4.78, 5) is 4.53. The van der Waals surface area contributed by atoms with E-state index in [1.54, 1.807) is 18.1 Å². The lowest BCUT2D eigenvalue weighted by Crippen LogP contribution is -2.15. The van der Waals surface area contributed by atoms with Crippen LogP contribution in [0.1, 0.15) is 24.0 Å². The van der Waals surface area contributed by atoms with E-state index in [4.69, 9.17) is 0 Å². The number of aromatic nitrogens is 4. The fourth-order valence-electron chi connectivity index (χ4n) is 1.83. The zero-order valence-electron chi connectivity index (χ0n) is 11.1. The summed E-state index contributed by atoms with van der Waals surface area (Å²) in [7, 11) is 1.94. The Kier molecular flexibility index (Phi) is 3.52. The Labute approximate surface area is 116 Å². The van der Waals surface area contributed by atoms with Gasteiger partial charge in [0.25, 0.3) is 0 Å². The Balaban J connectivity index is 1.70. The smallest absolute Gasteiger partial charge is 0.197 e. The van der Waals surface area contributed by atoms with E-state index < -0.39 is 0 Å². The van der Waals surface area contributed by atoms with Crippen molar-refractivity contribution >= 4 is 11.8 Å². The normalized spacial score (nSPS) is 14.8. The van der Waals surface area contributed by atoms with E-state index in [1.165, 1.54) is 24.0 Å². The molecule has 0 spiro atoms. The monoisotopic (exact) mass is 275 g/mol. The Hall–Kier alpha value is -1.40. The molecule has 2 aromatic rings. The molecule has 0 amide bonds. The molecule has 0 aliphatic heterocycles. The third-order valence-corrected chi connectivity index (χ3v) is 4.29. The van der Waals surface area contributed by atoms with Crippen molar-refractivity contribution in [1.29, 1.82) is 0 Å². The van der Waals surface area contributed by atoms with E-state index in [0.29, 0.717) is 0 Å². The van der Waals surface area contributed by atoms with Gasteiger partial charge in [-0.15, -0.1) is 10.2 Å². The molecule has 1 aliphatic rings. The predicted octanol–water partition coefficient (Wildman–Crippen LogP) is 1.92. The van der Waals surface area contributed by atoms with Crippen molar-refractivity contribution in [2.75, 3.05) is 0 Å². The fourth-order valence-corrected chi connectivity index (χ4v) is 2.60. The molecule has 3 rings (SSSR count). The van der Waals surface area contributed by atoms with Gasteiger partial charge in [0.2, 0.25) is 0 Å². The quantitative estimate of drug-likeness (QED) is 0.903. The molecule has 0 saturated heterocycles. The second-order valence-electron chi connectivity index (χ2n) is 4.95. The van der Waals surface area contributed by atoms with Crippen LogP contribution in [0.2, 0.25) is 0 Å². The Bertz CT molecular complexity index is 576. The highest BCUT2D eigenvalue weighted by Crippen LogP contribution is 2.27. The number of nitrogens with zero attached hydrogens (tertiary/aromatic N) is 4. The molecule has 2 heterocycles. The van der Waals surface area contributed by atoms with E-state index in [2.05, 4.69) is 33.5 Å². The summed E-state index contributed by atoms with van der Waals surface area (Å²) in [5.74, 6) is 0. The first-order valence-electron chi connectivity index (χ1n) is 6.43. The van der Waals surface area contributed by atoms with Crippen LogP contribution in [0.5, 0.6) is 0 Å². The van der Waals surface area contributed by atoms with Crippen molar-refractivity contribution in [2.24, 2.45) is 7.05 Å². The number of rotatable bonds is 5. The van der Waals surface area contributed by atoms with Crippen LogP contribution in [0.25, 0.3) is 0 Å². The van der Waals surface area contributed by atoms with Crippen molar-refractivity contribution in [1.82, 2.24) is 25.1 Å². The minimum Gasteiger partial charge on any atom is -0.311 e. The summed E-state index contributed by atoms with van der Waals surface area (Å²) in [6, 6.07) is 2.93. The first-order chi connectivity index (χ1) is 9.22. The van der Waals surface area contributed by atoms with Crippen LogP contribution in [-0.4, -0.2) is 25.8 Å². The summed E-state index contributed by atoms with van der Waals surface area (Å²) in [5.41, 5.74) is 2.43. The van der Waals surface area contributed by atoms with Gasteiger partial charge in [-0.2, -0.15) is 0 Å². The summed E-state index contributed by atoms with van der Waals surface area (Å²) in [5, 5.41) is 13.3. The highest BCUT2D eigenvalue weighted by molar-refractivity contribution is 7.99. The van der Waals surface area contributed by atoms with Crippen molar-refractivity contribution in [3.8, 4) is 0 Å². The number of pyridine rings is 1. The molecule has 0 atom stereocenters. The summed E-state index contributed by atoms with van der Waals surface area (Å²) >= 11 is 1.55. The van der Waals surface area contributed by atoms with Crippen LogP contribution in [0, 0.1) is 6.92 Å². The lowest BCUT2D eigenvalue weighted by Gasteiger charge is -2.07. The van der Waals surface area contributed by atoms with Gasteiger partial charge < -0.3 is 9.88 Å². The Morgan fingerprint density at radius 3 is 2.95 bits per heavy atom. The maximum absolute atomic E-state index is 4.53. The number of nitrogens with one attached hydrogen (secondary N) is 1. The maximum atomic E-state index is 4.53. The number of hydrogen-bond acceptors (Lipinski definition) is 5. The van der Waals surface area contributed by atoms with Gasteiger partial charge in [-0.1, -0.05) is 6.07 Å². The minimum atomic E-state index is 0.730. The molecular weight excluding hydrogens is 258 g/mol. The SMILES string of the molecule is Cc1cc(CNC2CC2)cnc1Sc1nncn1C. The van der Waals surface area contributed by atoms with Gasteiger partial charge in [0.05, 0.1) is 0 Å². The van der Waals surface area contributed by atoms with E-state index in [0.717, 1.165) is 22.8 Å². The zero-order chi connectivity index (χ0) is 13.2. The van der Waals surface area contributed by atoms with E-state index >= 15 is 0 Å². The highest BCUT2D eigenvalue weighted by Gasteiger charge is 2.20. The van der Waals surface area contributed by atoms with Gasteiger partial charge in [-0.05, 0) is 42.7 Å². The average Bonchev–Trinajstić information content (AvgIpc) is 3.14. The van der Waals surface area contributed by atoms with Crippen LogP contribution in [0.4, 0.5) is 0 Å². The van der Waals surface area contributed by atoms with Crippen molar-refractivity contribution < 1.29 is 0 Å². The molecule has 19 heavy (non-hydrogen) atoms. The van der Waals surface area contributed by atoms with Crippen molar-refractivity contribution in [3.63, 3.8) is 0 Å². The Morgan fingerprint density at radius 1 is 1.47 bits per heavy atom. The zero-order valence-corrected chi connectivity index (χ0v) is 11.9. The molecule has 6 heteroatoms. The predicted molar refractivity (Wildman–Crippen MR) is 74.0 cm³/mol. The van der Waals surface area contributed by atoms with Gasteiger partial charge in [-0.3, -0.25) is 0 Å². The third kappa shape index (κ3) is 3.13. The van der Waals surface area contributed by atoms with E-state index in [-0.39, 0.29) is 0 Å². The summed E-state index contributed by atoms with van der Waals surface area (Å²) in [6.07, 6.45) is 6.27. The second kappa shape index (κ2) is 5.30. The summed E-state index contributed by atoms with van der Waals surface area (Å²) in [6.45, 7) is 3.00. The molecule has 100 valence electrons. The third-order valence-electron chi connectivity index (χ3n) is 3.12. The van der Waals surface area contributed by atoms with Gasteiger partial charge >= 0.3 is 0 Å². The number of aryl methyl sites for hydroxylation is 2. The first-order valence-corrected chi connectivity index (χ1v) is 7.25. The Morgan fingerprint density at radius 2 is 2.32 bits per heavy atom.